The number of nitrogens with two attached hydrogens (primary N) is 1. The van der Waals surface area contributed by atoms with Gasteiger partial charge in [-0.2, -0.15) is 0 Å². The average Bonchev–Trinajstić information content (AvgIpc) is 2.08. The first-order valence-corrected chi connectivity index (χ1v) is 6.86. The van der Waals surface area contributed by atoms with Crippen LogP contribution in [0.15, 0.2) is 0 Å². The monoisotopic (exact) mass is 223 g/mol. The highest BCUT2D eigenvalue weighted by Gasteiger charge is 2.00. The van der Waals surface area contributed by atoms with Gasteiger partial charge in [0, 0.05) is 6.61 Å². The summed E-state index contributed by atoms with van der Waals surface area (Å²) in [5.41, 5.74) is 0. The van der Waals surface area contributed by atoms with E-state index in [0.29, 0.717) is 6.61 Å². The second kappa shape index (κ2) is 8.20. The maximum Gasteiger partial charge on any atom is 0.211 e. The fraction of sp³-hybridized carbons (Fsp3) is 1.00. The summed E-state index contributed by atoms with van der Waals surface area (Å²) in [5, 5.41) is 4.81. The standard InChI is InChI=1S/C9H21NO3S/c1-2-3-4-5-6-7-13-8-9-14(10,11)12/h2-9H2,1H3,(H2,10,11,12). The molecule has 0 aliphatic heterocycles. The van der Waals surface area contributed by atoms with Gasteiger partial charge in [-0.15, -0.1) is 0 Å². The fourth-order valence-electron chi connectivity index (χ4n) is 1.08. The Balaban J connectivity index is 3.07. The van der Waals surface area contributed by atoms with Crippen molar-refractivity contribution in [2.75, 3.05) is 19.0 Å². The van der Waals surface area contributed by atoms with Gasteiger partial charge in [0.2, 0.25) is 10.0 Å². The van der Waals surface area contributed by atoms with Gasteiger partial charge in [0.1, 0.15) is 0 Å². The molecule has 0 saturated heterocycles. The minimum absolute atomic E-state index is 0.0814. The summed E-state index contributed by atoms with van der Waals surface area (Å²) < 4.78 is 26.1. The van der Waals surface area contributed by atoms with E-state index in [2.05, 4.69) is 6.92 Å². The van der Waals surface area contributed by atoms with Gasteiger partial charge < -0.3 is 4.74 Å². The SMILES string of the molecule is CCCCCCCOCCS(N)(=O)=O. The first-order chi connectivity index (χ1) is 6.56. The summed E-state index contributed by atoms with van der Waals surface area (Å²) in [5.74, 6) is -0.0814. The van der Waals surface area contributed by atoms with Crippen molar-refractivity contribution in [3.63, 3.8) is 0 Å². The molecule has 2 N–H and O–H groups in total. The first kappa shape index (κ1) is 13.9. The van der Waals surface area contributed by atoms with Crippen molar-refractivity contribution < 1.29 is 13.2 Å². The molecule has 86 valence electrons. The van der Waals surface area contributed by atoms with Crippen molar-refractivity contribution in [2.24, 2.45) is 5.14 Å². The van der Waals surface area contributed by atoms with Crippen LogP contribution in [0, 0.1) is 0 Å². The summed E-state index contributed by atoms with van der Waals surface area (Å²) in [6, 6.07) is 0. The van der Waals surface area contributed by atoms with Crippen LogP contribution in [0.25, 0.3) is 0 Å². The molecule has 5 heteroatoms. The zero-order valence-electron chi connectivity index (χ0n) is 8.87. The number of hydrogen-bond acceptors (Lipinski definition) is 3. The van der Waals surface area contributed by atoms with E-state index < -0.39 is 10.0 Å². The van der Waals surface area contributed by atoms with Crippen LogP contribution in [0.1, 0.15) is 39.0 Å². The number of rotatable bonds is 9. The van der Waals surface area contributed by atoms with E-state index in [0.717, 1.165) is 12.8 Å². The zero-order chi connectivity index (χ0) is 10.9. The Kier molecular flexibility index (Phi) is 8.12. The number of primary sulfonamides is 1. The quantitative estimate of drug-likeness (QED) is 0.598. The van der Waals surface area contributed by atoms with E-state index in [1.165, 1.54) is 19.3 Å². The lowest BCUT2D eigenvalue weighted by atomic mass is 10.2. The lowest BCUT2D eigenvalue weighted by molar-refractivity contribution is 0.144. The van der Waals surface area contributed by atoms with Gasteiger partial charge in [-0.25, -0.2) is 13.6 Å². The normalized spacial score (nSPS) is 11.9. The van der Waals surface area contributed by atoms with Gasteiger partial charge in [0.05, 0.1) is 12.4 Å². The van der Waals surface area contributed by atoms with Crippen LogP contribution in [-0.2, 0) is 14.8 Å². The highest BCUT2D eigenvalue weighted by Crippen LogP contribution is 2.02. The van der Waals surface area contributed by atoms with Crippen molar-refractivity contribution in [3.8, 4) is 0 Å². The molecule has 0 unspecified atom stereocenters. The molecule has 0 atom stereocenters. The summed E-state index contributed by atoms with van der Waals surface area (Å²) in [6.07, 6.45) is 5.88. The van der Waals surface area contributed by atoms with E-state index in [4.69, 9.17) is 9.88 Å². The second-order valence-electron chi connectivity index (χ2n) is 3.39. The minimum Gasteiger partial charge on any atom is -0.380 e. The summed E-state index contributed by atoms with van der Waals surface area (Å²) in [7, 11) is -3.35. The number of hydrogen-bond donors (Lipinski definition) is 1. The van der Waals surface area contributed by atoms with Gasteiger partial charge in [-0.05, 0) is 6.42 Å². The molecule has 0 aliphatic carbocycles. The molecule has 14 heavy (non-hydrogen) atoms. The van der Waals surface area contributed by atoms with E-state index in [1.807, 2.05) is 0 Å². The van der Waals surface area contributed by atoms with Crippen LogP contribution in [0.3, 0.4) is 0 Å². The fourth-order valence-corrected chi connectivity index (χ4v) is 1.43. The number of ether oxygens (including phenoxy) is 1. The molecule has 0 aromatic heterocycles. The predicted octanol–water partition coefficient (Wildman–Crippen LogP) is 1.26. The molecule has 0 radical (unpaired) electrons. The van der Waals surface area contributed by atoms with Gasteiger partial charge in [0.15, 0.2) is 0 Å². The van der Waals surface area contributed by atoms with Crippen molar-refractivity contribution in [1.82, 2.24) is 0 Å². The highest BCUT2D eigenvalue weighted by molar-refractivity contribution is 7.89. The Labute approximate surface area is 86.9 Å². The molecule has 0 heterocycles. The maximum atomic E-state index is 10.5. The topological polar surface area (TPSA) is 69.4 Å². The van der Waals surface area contributed by atoms with Crippen LogP contribution in [-0.4, -0.2) is 27.4 Å². The molecule has 0 rings (SSSR count). The van der Waals surface area contributed by atoms with Crippen LogP contribution < -0.4 is 5.14 Å². The number of sulfonamides is 1. The van der Waals surface area contributed by atoms with E-state index in [9.17, 15) is 8.42 Å². The molecule has 0 aromatic carbocycles. The smallest absolute Gasteiger partial charge is 0.211 e. The van der Waals surface area contributed by atoms with Crippen molar-refractivity contribution in [1.29, 1.82) is 0 Å². The molecule has 0 saturated carbocycles. The average molecular weight is 223 g/mol. The molecule has 4 nitrogen and oxygen atoms in total. The molecular weight excluding hydrogens is 202 g/mol. The minimum atomic E-state index is -3.35. The Morgan fingerprint density at radius 1 is 1.07 bits per heavy atom. The molecule has 0 aromatic rings. The van der Waals surface area contributed by atoms with Gasteiger partial charge in [-0.1, -0.05) is 32.6 Å². The molecule has 0 amide bonds. The Morgan fingerprint density at radius 3 is 2.29 bits per heavy atom. The van der Waals surface area contributed by atoms with E-state index >= 15 is 0 Å². The third-order valence-electron chi connectivity index (χ3n) is 1.90. The third-order valence-corrected chi connectivity index (χ3v) is 2.64. The molecule has 0 spiro atoms. The van der Waals surface area contributed by atoms with Gasteiger partial charge in [0.25, 0.3) is 0 Å². The van der Waals surface area contributed by atoms with Gasteiger partial charge in [-0.3, -0.25) is 0 Å². The van der Waals surface area contributed by atoms with Crippen molar-refractivity contribution in [3.05, 3.63) is 0 Å². The van der Waals surface area contributed by atoms with Crippen molar-refractivity contribution in [2.45, 2.75) is 39.0 Å². The summed E-state index contributed by atoms with van der Waals surface area (Å²) in [6.45, 7) is 3.02. The van der Waals surface area contributed by atoms with E-state index in [-0.39, 0.29) is 12.4 Å². The molecule has 0 aliphatic rings. The first-order valence-electron chi connectivity index (χ1n) is 5.14. The zero-order valence-corrected chi connectivity index (χ0v) is 9.68. The van der Waals surface area contributed by atoms with Crippen LogP contribution in [0.2, 0.25) is 0 Å². The van der Waals surface area contributed by atoms with Gasteiger partial charge >= 0.3 is 0 Å². The van der Waals surface area contributed by atoms with Crippen LogP contribution in [0.4, 0.5) is 0 Å². The third kappa shape index (κ3) is 11.9. The number of unbranched alkanes of at least 4 members (excludes halogenated alkanes) is 4. The second-order valence-corrected chi connectivity index (χ2v) is 5.13. The van der Waals surface area contributed by atoms with Crippen LogP contribution in [0.5, 0.6) is 0 Å². The molecular formula is C9H21NO3S. The lowest BCUT2D eigenvalue weighted by Crippen LogP contribution is -2.20. The summed E-state index contributed by atoms with van der Waals surface area (Å²) in [4.78, 5) is 0. The van der Waals surface area contributed by atoms with Crippen molar-refractivity contribution >= 4 is 10.0 Å². The molecule has 0 bridgehead atoms. The Hall–Kier alpha value is -0.130. The largest absolute Gasteiger partial charge is 0.380 e. The van der Waals surface area contributed by atoms with Crippen LogP contribution >= 0.6 is 0 Å². The summed E-state index contributed by atoms with van der Waals surface area (Å²) >= 11 is 0. The highest BCUT2D eigenvalue weighted by atomic mass is 32.2. The van der Waals surface area contributed by atoms with E-state index in [1.54, 1.807) is 0 Å². The Morgan fingerprint density at radius 2 is 1.71 bits per heavy atom. The lowest BCUT2D eigenvalue weighted by Gasteiger charge is -2.02. The Bertz CT molecular complexity index is 214. The molecule has 0 fully saturated rings. The predicted molar refractivity (Wildman–Crippen MR) is 57.6 cm³/mol. The maximum absolute atomic E-state index is 10.5.